The Hall–Kier alpha value is -2.89. The number of aromatic nitrogens is 1. The Morgan fingerprint density at radius 3 is 2.48 bits per heavy atom. The van der Waals surface area contributed by atoms with Crippen molar-refractivity contribution in [1.29, 1.82) is 5.41 Å². The van der Waals surface area contributed by atoms with Gasteiger partial charge in [-0.25, -0.2) is 26.4 Å². The molecule has 2 aromatic carbocycles. The van der Waals surface area contributed by atoms with Crippen LogP contribution in [0.25, 0.3) is 11.1 Å². The minimum Gasteiger partial charge on any atom is -0.383 e. The first-order chi connectivity index (χ1) is 15.5. The van der Waals surface area contributed by atoms with Crippen molar-refractivity contribution < 1.29 is 21.4 Å². The Kier molecular flexibility index (Phi) is 7.45. The largest absolute Gasteiger partial charge is 0.383 e. The van der Waals surface area contributed by atoms with Gasteiger partial charge in [0.25, 0.3) is 0 Å². The molecule has 1 aromatic heterocycles. The van der Waals surface area contributed by atoms with Gasteiger partial charge < -0.3 is 5.73 Å². The summed E-state index contributed by atoms with van der Waals surface area (Å²) >= 11 is 5.89. The molecule has 0 radical (unpaired) electrons. The summed E-state index contributed by atoms with van der Waals surface area (Å²) in [4.78, 5) is 3.03. The molecule has 0 spiro atoms. The Bertz CT molecular complexity index is 1350. The highest BCUT2D eigenvalue weighted by Gasteiger charge is 2.26. The van der Waals surface area contributed by atoms with Gasteiger partial charge in [0.2, 0.25) is 10.0 Å². The van der Waals surface area contributed by atoms with Gasteiger partial charge in [0.05, 0.1) is 17.0 Å². The highest BCUT2D eigenvalue weighted by molar-refractivity contribution is 8.01. The van der Waals surface area contributed by atoms with Gasteiger partial charge in [-0.2, -0.15) is 0 Å². The third-order valence-electron chi connectivity index (χ3n) is 4.50. The molecule has 0 saturated carbocycles. The smallest absolute Gasteiger partial charge is 0.232 e. The molecule has 1 unspecified atom stereocenters. The maximum atomic E-state index is 15.0. The predicted molar refractivity (Wildman–Crippen MR) is 126 cm³/mol. The molecule has 7 nitrogen and oxygen atoms in total. The molecular formula is C21H19ClF2N4O3S2. The quantitative estimate of drug-likeness (QED) is 0.316. The lowest BCUT2D eigenvalue weighted by atomic mass is 10.1. The summed E-state index contributed by atoms with van der Waals surface area (Å²) in [6.07, 6.45) is 1.71. The summed E-state index contributed by atoms with van der Waals surface area (Å²) in [5, 5.41) is 8.12. The molecule has 1 heterocycles. The van der Waals surface area contributed by atoms with Crippen LogP contribution in [-0.2, 0) is 20.8 Å². The number of rotatable bonds is 7. The van der Waals surface area contributed by atoms with Crippen LogP contribution in [0.5, 0.6) is 0 Å². The van der Waals surface area contributed by atoms with Crippen molar-refractivity contribution >= 4 is 49.0 Å². The van der Waals surface area contributed by atoms with E-state index in [1.54, 1.807) is 31.2 Å². The number of sulfonamides is 1. The topological polar surface area (TPSA) is 126 Å². The van der Waals surface area contributed by atoms with Crippen LogP contribution >= 0.6 is 11.6 Å². The second kappa shape index (κ2) is 9.94. The SMILES string of the molecule is CCCS(=O)(=O)Nc1ccc(F)c(S(=O)C(=N)c2cc(-c3ccc(Cl)cc3)cnc2N)c1F. The predicted octanol–water partition coefficient (Wildman–Crippen LogP) is 4.55. The number of nitrogen functional groups attached to an aromatic ring is 1. The number of anilines is 2. The van der Waals surface area contributed by atoms with Gasteiger partial charge in [0.1, 0.15) is 32.4 Å². The molecular weight excluding hydrogens is 494 g/mol. The Labute approximate surface area is 197 Å². The van der Waals surface area contributed by atoms with Crippen LogP contribution in [0.1, 0.15) is 18.9 Å². The van der Waals surface area contributed by atoms with Gasteiger partial charge in [0, 0.05) is 16.8 Å². The molecule has 4 N–H and O–H groups in total. The number of benzene rings is 2. The van der Waals surface area contributed by atoms with Gasteiger partial charge in [-0.1, -0.05) is 30.7 Å². The maximum Gasteiger partial charge on any atom is 0.232 e. The molecule has 3 rings (SSSR count). The second-order valence-electron chi connectivity index (χ2n) is 6.92. The summed E-state index contributed by atoms with van der Waals surface area (Å²) in [6, 6.07) is 9.78. The molecule has 33 heavy (non-hydrogen) atoms. The van der Waals surface area contributed by atoms with Crippen molar-refractivity contribution in [3.8, 4) is 11.1 Å². The van der Waals surface area contributed by atoms with E-state index < -0.39 is 48.1 Å². The van der Waals surface area contributed by atoms with Crippen molar-refractivity contribution in [3.63, 3.8) is 0 Å². The van der Waals surface area contributed by atoms with Crippen LogP contribution < -0.4 is 10.5 Å². The maximum absolute atomic E-state index is 15.0. The first-order valence-corrected chi connectivity index (χ1v) is 12.7. The average Bonchev–Trinajstić information content (AvgIpc) is 2.76. The first kappa shape index (κ1) is 24.7. The summed E-state index contributed by atoms with van der Waals surface area (Å²) < 4.78 is 68.4. The molecule has 0 saturated heterocycles. The van der Waals surface area contributed by atoms with Crippen molar-refractivity contribution in [2.45, 2.75) is 18.2 Å². The normalized spacial score (nSPS) is 12.4. The fourth-order valence-electron chi connectivity index (χ4n) is 2.93. The van der Waals surface area contributed by atoms with Crippen LogP contribution in [-0.4, -0.2) is 28.4 Å². The zero-order valence-corrected chi connectivity index (χ0v) is 19.6. The van der Waals surface area contributed by atoms with Crippen LogP contribution in [0.3, 0.4) is 0 Å². The number of nitrogens with two attached hydrogens (primary N) is 1. The average molecular weight is 513 g/mol. The summed E-state index contributed by atoms with van der Waals surface area (Å²) in [5.74, 6) is -3.02. The van der Waals surface area contributed by atoms with E-state index in [0.29, 0.717) is 16.1 Å². The number of hydrogen-bond acceptors (Lipinski definition) is 6. The Morgan fingerprint density at radius 2 is 1.85 bits per heavy atom. The van der Waals surface area contributed by atoms with Crippen molar-refractivity contribution in [2.24, 2.45) is 0 Å². The van der Waals surface area contributed by atoms with E-state index in [2.05, 4.69) is 4.98 Å². The van der Waals surface area contributed by atoms with Crippen LogP contribution in [0.4, 0.5) is 20.3 Å². The molecule has 0 aliphatic heterocycles. The van der Waals surface area contributed by atoms with E-state index in [-0.39, 0.29) is 23.6 Å². The van der Waals surface area contributed by atoms with Crippen molar-refractivity contribution in [1.82, 2.24) is 4.98 Å². The van der Waals surface area contributed by atoms with Gasteiger partial charge in [0.15, 0.2) is 5.82 Å². The molecule has 1 atom stereocenters. The lowest BCUT2D eigenvalue weighted by Gasteiger charge is -2.13. The van der Waals surface area contributed by atoms with Gasteiger partial charge in [-0.3, -0.25) is 10.1 Å². The summed E-state index contributed by atoms with van der Waals surface area (Å²) in [7, 11) is -6.55. The lowest BCUT2D eigenvalue weighted by Crippen LogP contribution is -2.19. The summed E-state index contributed by atoms with van der Waals surface area (Å²) in [5.41, 5.74) is 6.38. The van der Waals surface area contributed by atoms with Crippen LogP contribution in [0, 0.1) is 17.0 Å². The summed E-state index contributed by atoms with van der Waals surface area (Å²) in [6.45, 7) is 1.62. The van der Waals surface area contributed by atoms with Crippen LogP contribution in [0.15, 0.2) is 53.6 Å². The van der Waals surface area contributed by atoms with E-state index >= 15 is 0 Å². The van der Waals surface area contributed by atoms with Gasteiger partial charge in [-0.05, 0) is 42.3 Å². The minimum atomic E-state index is -3.89. The zero-order valence-electron chi connectivity index (χ0n) is 17.2. The van der Waals surface area contributed by atoms with Crippen LogP contribution in [0.2, 0.25) is 5.02 Å². The van der Waals surface area contributed by atoms with E-state index in [4.69, 9.17) is 22.7 Å². The fraction of sp³-hybridized carbons (Fsp3) is 0.143. The standard InChI is InChI=1S/C21H19ClF2N4O3S2/c1-2-9-33(30,31)28-17-8-7-16(23)19(18(17)24)32(29)21(26)15-10-13(11-27-20(15)25)12-3-5-14(22)6-4-12/h3-8,10-11,26,28H,2,9H2,1H3,(H2,25,27). The Morgan fingerprint density at radius 1 is 1.18 bits per heavy atom. The molecule has 12 heteroatoms. The number of halogens is 3. The molecule has 0 fully saturated rings. The highest BCUT2D eigenvalue weighted by atomic mass is 35.5. The van der Waals surface area contributed by atoms with Crippen molar-refractivity contribution in [3.05, 3.63) is 70.9 Å². The van der Waals surface area contributed by atoms with Crippen molar-refractivity contribution in [2.75, 3.05) is 16.2 Å². The van der Waals surface area contributed by atoms with Gasteiger partial charge in [-0.15, -0.1) is 0 Å². The highest BCUT2D eigenvalue weighted by Crippen LogP contribution is 2.29. The molecule has 0 amide bonds. The number of pyridine rings is 1. The first-order valence-electron chi connectivity index (χ1n) is 9.54. The third kappa shape index (κ3) is 5.55. The molecule has 3 aromatic rings. The number of hydrogen-bond donors (Lipinski definition) is 3. The third-order valence-corrected chi connectivity index (χ3v) is 7.56. The Balaban J connectivity index is 2.01. The molecule has 0 bridgehead atoms. The zero-order chi connectivity index (χ0) is 24.3. The van der Waals surface area contributed by atoms with E-state index in [9.17, 15) is 21.4 Å². The monoisotopic (exact) mass is 512 g/mol. The second-order valence-corrected chi connectivity index (χ2v) is 10.6. The number of nitrogens with zero attached hydrogens (tertiary/aromatic N) is 1. The fourth-order valence-corrected chi connectivity index (χ4v) is 5.27. The molecule has 0 aliphatic carbocycles. The molecule has 174 valence electrons. The van der Waals surface area contributed by atoms with E-state index in [0.717, 1.165) is 12.1 Å². The molecule has 0 aliphatic rings. The van der Waals surface area contributed by atoms with E-state index in [1.165, 1.54) is 12.3 Å². The number of nitrogens with one attached hydrogen (secondary N) is 2. The minimum absolute atomic E-state index is 0.0865. The van der Waals surface area contributed by atoms with E-state index in [1.807, 2.05) is 4.72 Å². The van der Waals surface area contributed by atoms with Gasteiger partial charge >= 0.3 is 0 Å². The lowest BCUT2D eigenvalue weighted by molar-refractivity contribution is 0.538.